The number of ether oxygens (including phenoxy) is 2. The summed E-state index contributed by atoms with van der Waals surface area (Å²) < 4.78 is 105. The van der Waals surface area contributed by atoms with Crippen LogP contribution in [0.15, 0.2) is 376 Å². The van der Waals surface area contributed by atoms with E-state index in [1.54, 1.807) is 9.80 Å². The van der Waals surface area contributed by atoms with Crippen LogP contribution in [0, 0.1) is 0 Å². The molecular weight excluding hydrogens is 1190 g/mol. The highest BCUT2D eigenvalue weighted by Crippen LogP contribution is 2.49. The summed E-state index contributed by atoms with van der Waals surface area (Å²) in [7, 11) is 0. The van der Waals surface area contributed by atoms with Gasteiger partial charge in [-0.05, 0) is 192 Å². The lowest BCUT2D eigenvalue weighted by molar-refractivity contribution is 0.307. The molecular formula is C92H76N4O2. The van der Waals surface area contributed by atoms with Gasteiger partial charge in [0, 0.05) is 96.9 Å². The molecule has 0 heterocycles. The minimum atomic E-state index is -0.526. The van der Waals surface area contributed by atoms with Crippen LogP contribution in [0.25, 0.3) is 22.3 Å². The Hall–Kier alpha value is -12.1. The van der Waals surface area contributed by atoms with Crippen molar-refractivity contribution in [2.24, 2.45) is 0 Å². The molecule has 14 aromatic carbocycles. The molecule has 0 saturated heterocycles. The summed E-state index contributed by atoms with van der Waals surface area (Å²) in [5, 5.41) is 0. The van der Waals surface area contributed by atoms with Gasteiger partial charge in [-0.15, -0.1) is 0 Å². The quantitative estimate of drug-likeness (QED) is 0.0672. The minimum Gasteiger partial charge on any atom is -0.488 e. The first-order chi connectivity index (χ1) is 52.7. The van der Waals surface area contributed by atoms with Gasteiger partial charge in [-0.3, -0.25) is 0 Å². The SMILES string of the molecule is [2H]c1c([2H])c([2H])c(N(c2ccc(C3(c4ccc(N(c5ccc(-c6ccc(N(c7ccccc7)c7ccccc7)cc6)c(OCc6ccccc6)c5)c5c([2H])c([2H])c([2H])c([2H])c5[2H])cc4)CCCCC3)cc2)c2ccc(-c3ccc(N(c4ccccc4)c4ccccc4)cc3)c(OCc3ccccc3)c2)c([2H])c1[2H]. The van der Waals surface area contributed by atoms with E-state index >= 15 is 0 Å². The van der Waals surface area contributed by atoms with Crippen molar-refractivity contribution in [2.75, 3.05) is 19.6 Å². The van der Waals surface area contributed by atoms with Gasteiger partial charge in [0.1, 0.15) is 24.7 Å². The van der Waals surface area contributed by atoms with Gasteiger partial charge >= 0.3 is 0 Å². The van der Waals surface area contributed by atoms with E-state index in [1.165, 1.54) is 0 Å². The van der Waals surface area contributed by atoms with Gasteiger partial charge in [-0.2, -0.15) is 0 Å². The average Bonchev–Trinajstić information content (AvgIpc) is 0.752. The molecule has 0 N–H and O–H groups in total. The van der Waals surface area contributed by atoms with Crippen molar-refractivity contribution in [1.82, 2.24) is 0 Å². The molecule has 0 amide bonds. The monoisotopic (exact) mass is 1280 g/mol. The Morgan fingerprint density at radius 3 is 0.867 bits per heavy atom. The van der Waals surface area contributed by atoms with Gasteiger partial charge in [0.15, 0.2) is 0 Å². The normalized spacial score (nSPS) is 13.9. The zero-order valence-electron chi connectivity index (χ0n) is 64.1. The van der Waals surface area contributed by atoms with E-state index < -0.39 is 41.7 Å². The van der Waals surface area contributed by atoms with Crippen LogP contribution < -0.4 is 29.1 Å². The smallest absolute Gasteiger partial charge is 0.129 e. The van der Waals surface area contributed by atoms with Crippen LogP contribution in [0.2, 0.25) is 0 Å². The highest BCUT2D eigenvalue weighted by Gasteiger charge is 2.36. The minimum absolute atomic E-state index is 0.0262. The Morgan fingerprint density at radius 2 is 0.541 bits per heavy atom. The van der Waals surface area contributed by atoms with E-state index in [0.29, 0.717) is 34.2 Å². The third-order valence-electron chi connectivity index (χ3n) is 18.3. The molecule has 98 heavy (non-hydrogen) atoms. The number of anilines is 12. The molecule has 1 aliphatic carbocycles. The summed E-state index contributed by atoms with van der Waals surface area (Å²) in [4.78, 5) is 7.86. The van der Waals surface area contributed by atoms with Gasteiger partial charge in [0.25, 0.3) is 0 Å². The van der Waals surface area contributed by atoms with Crippen molar-refractivity contribution < 1.29 is 23.2 Å². The third kappa shape index (κ3) is 13.6. The molecule has 0 spiro atoms. The largest absolute Gasteiger partial charge is 0.488 e. The van der Waals surface area contributed by atoms with Crippen molar-refractivity contribution in [3.05, 3.63) is 398 Å². The van der Waals surface area contributed by atoms with Crippen LogP contribution in [0.3, 0.4) is 0 Å². The van der Waals surface area contributed by atoms with Gasteiger partial charge in [0.05, 0.1) is 13.7 Å². The Balaban J connectivity index is 0.809. The van der Waals surface area contributed by atoms with Gasteiger partial charge in [0.2, 0.25) is 0 Å². The highest BCUT2D eigenvalue weighted by atomic mass is 16.5. The van der Waals surface area contributed by atoms with E-state index in [9.17, 15) is 5.48 Å². The van der Waals surface area contributed by atoms with Crippen molar-refractivity contribution >= 4 is 68.2 Å². The van der Waals surface area contributed by atoms with Gasteiger partial charge in [-0.25, -0.2) is 0 Å². The topological polar surface area (TPSA) is 31.4 Å². The summed E-state index contributed by atoms with van der Waals surface area (Å²) in [6, 6.07) is 101. The van der Waals surface area contributed by atoms with E-state index in [0.717, 1.165) is 111 Å². The summed E-state index contributed by atoms with van der Waals surface area (Å²) in [6.07, 6.45) is 4.50. The number of benzene rings is 14. The van der Waals surface area contributed by atoms with Crippen molar-refractivity contribution in [3.8, 4) is 33.8 Å². The maximum absolute atomic E-state index is 9.49. The lowest BCUT2D eigenvalue weighted by Gasteiger charge is -2.39. The summed E-state index contributed by atoms with van der Waals surface area (Å²) in [6.45, 7) is 0.451. The number of rotatable bonds is 22. The van der Waals surface area contributed by atoms with Crippen LogP contribution >= 0.6 is 0 Å². The third-order valence-corrected chi connectivity index (χ3v) is 18.3. The zero-order chi connectivity index (χ0) is 74.4. The Bertz CT molecular complexity index is 5000. The molecule has 1 saturated carbocycles. The molecule has 1 fully saturated rings. The molecule has 0 bridgehead atoms. The first kappa shape index (κ1) is 51.2. The molecule has 14 aromatic rings. The van der Waals surface area contributed by atoms with Gasteiger partial charge < -0.3 is 29.1 Å². The molecule has 0 radical (unpaired) electrons. The van der Waals surface area contributed by atoms with E-state index in [2.05, 4.69) is 131 Å². The predicted octanol–water partition coefficient (Wildman–Crippen LogP) is 25.3. The molecule has 0 atom stereocenters. The van der Waals surface area contributed by atoms with Crippen LogP contribution in [0.4, 0.5) is 68.2 Å². The van der Waals surface area contributed by atoms with Gasteiger partial charge in [-0.1, -0.05) is 238 Å². The van der Waals surface area contributed by atoms with E-state index in [4.69, 9.17) is 17.7 Å². The fourth-order valence-electron chi connectivity index (χ4n) is 13.6. The Labute approximate surface area is 590 Å². The van der Waals surface area contributed by atoms with Crippen LogP contribution in [0.5, 0.6) is 11.5 Å². The number of nitrogens with zero attached hydrogens (tertiary/aromatic N) is 4. The van der Waals surface area contributed by atoms with Crippen LogP contribution in [-0.4, -0.2) is 0 Å². The number of para-hydroxylation sites is 6. The predicted molar refractivity (Wildman–Crippen MR) is 408 cm³/mol. The lowest BCUT2D eigenvalue weighted by Crippen LogP contribution is -2.30. The molecule has 0 aromatic heterocycles. The maximum Gasteiger partial charge on any atom is 0.129 e. The zero-order valence-corrected chi connectivity index (χ0v) is 54.1. The summed E-state index contributed by atoms with van der Waals surface area (Å²) >= 11 is 0. The molecule has 0 aliphatic heterocycles. The highest BCUT2D eigenvalue weighted by molar-refractivity contribution is 5.86. The van der Waals surface area contributed by atoms with Crippen LogP contribution in [0.1, 0.15) is 68.1 Å². The second-order valence-corrected chi connectivity index (χ2v) is 24.4. The molecule has 6 nitrogen and oxygen atoms in total. The van der Waals surface area contributed by atoms with E-state index in [-0.39, 0.29) is 48.8 Å². The average molecular weight is 1280 g/mol. The first-order valence-corrected chi connectivity index (χ1v) is 33.3. The van der Waals surface area contributed by atoms with Crippen molar-refractivity contribution in [1.29, 1.82) is 0 Å². The molecule has 476 valence electrons. The van der Waals surface area contributed by atoms with Crippen LogP contribution in [-0.2, 0) is 18.6 Å². The fraction of sp³-hybridized carbons (Fsp3) is 0.0870. The summed E-state index contributed by atoms with van der Waals surface area (Å²) in [5.74, 6) is 1.03. The second-order valence-electron chi connectivity index (χ2n) is 24.4. The van der Waals surface area contributed by atoms with E-state index in [1.807, 2.05) is 194 Å². The standard InChI is InChI=1S/C92H76N4O2/c1-10-28-70(29-11-1)68-97-90-66-86(60-62-88(90)72-44-52-82(53-45-72)93(76-32-14-3-15-33-76)77-34-16-4-17-35-77)95(80-40-22-7-23-41-80)84-56-48-74(49-57-84)92(64-26-9-27-65-92)75-50-58-85(59-51-75)96(81-42-24-8-25-43-81)87-61-63-89(91(67-87)98-69-71-30-12-2-13-31-71)73-46-54-83(55-47-73)94(78-36-18-5-19-37-78)79-38-20-6-21-39-79/h1-8,10-25,28-63,66-67H,9,26-27,64-65,68-69H2/i7D,8D,22D,23D,24D,25D,40D,41D,42D,43D. The number of hydrogen-bond donors (Lipinski definition) is 0. The fourth-order valence-corrected chi connectivity index (χ4v) is 13.6. The summed E-state index contributed by atoms with van der Waals surface area (Å²) in [5.41, 5.74) is 14.7. The molecule has 15 rings (SSSR count). The Kier molecular flexibility index (Phi) is 15.3. The maximum atomic E-state index is 9.49. The first-order valence-electron chi connectivity index (χ1n) is 38.3. The van der Waals surface area contributed by atoms with Crippen molar-refractivity contribution in [2.45, 2.75) is 50.7 Å². The van der Waals surface area contributed by atoms with Crippen molar-refractivity contribution in [3.63, 3.8) is 0 Å². The second kappa shape index (κ2) is 29.3. The molecule has 6 heteroatoms. The number of hydrogen-bond acceptors (Lipinski definition) is 6. The molecule has 1 aliphatic rings. The Morgan fingerprint density at radius 1 is 0.265 bits per heavy atom. The lowest BCUT2D eigenvalue weighted by atomic mass is 9.65. The molecule has 0 unspecified atom stereocenters.